The van der Waals surface area contributed by atoms with Crippen molar-refractivity contribution in [3.8, 4) is 0 Å². The Hall–Kier alpha value is -1.05. The van der Waals surface area contributed by atoms with Gasteiger partial charge in [0.05, 0.1) is 5.69 Å². The standard InChI is InChI=1S/C10H13N3O2S2/c1-2-16-7-8-10(17(11,14)15)13-6-4-3-5-9(13)12-8/h3-6H,2,7H2,1H3,(H2,11,14,15). The highest BCUT2D eigenvalue weighted by Gasteiger charge is 2.20. The summed E-state index contributed by atoms with van der Waals surface area (Å²) in [6.45, 7) is 2.01. The topological polar surface area (TPSA) is 77.5 Å². The number of rotatable bonds is 4. The molecule has 0 bridgehead atoms. The maximum atomic E-state index is 11.6. The molecule has 0 aliphatic heterocycles. The maximum absolute atomic E-state index is 11.6. The molecule has 0 unspecified atom stereocenters. The van der Waals surface area contributed by atoms with E-state index in [0.717, 1.165) is 5.75 Å². The fraction of sp³-hybridized carbons (Fsp3) is 0.300. The lowest BCUT2D eigenvalue weighted by Gasteiger charge is -2.01. The summed E-state index contributed by atoms with van der Waals surface area (Å²) in [4.78, 5) is 4.30. The van der Waals surface area contributed by atoms with Crippen molar-refractivity contribution in [1.82, 2.24) is 9.38 Å². The highest BCUT2D eigenvalue weighted by Crippen LogP contribution is 2.21. The molecular weight excluding hydrogens is 258 g/mol. The van der Waals surface area contributed by atoms with E-state index in [4.69, 9.17) is 5.14 Å². The van der Waals surface area contributed by atoms with Gasteiger partial charge in [0.2, 0.25) is 0 Å². The summed E-state index contributed by atoms with van der Waals surface area (Å²) < 4.78 is 24.7. The maximum Gasteiger partial charge on any atom is 0.255 e. The largest absolute Gasteiger partial charge is 0.289 e. The number of aromatic nitrogens is 2. The molecular formula is C10H13N3O2S2. The smallest absolute Gasteiger partial charge is 0.255 e. The Labute approximate surface area is 104 Å². The number of nitrogens with two attached hydrogens (primary N) is 1. The SMILES string of the molecule is CCSCc1nc2ccccn2c1S(N)(=O)=O. The Bertz CT molecular complexity index is 634. The minimum Gasteiger partial charge on any atom is -0.289 e. The van der Waals surface area contributed by atoms with E-state index in [1.807, 2.05) is 13.0 Å². The van der Waals surface area contributed by atoms with Crippen molar-refractivity contribution < 1.29 is 8.42 Å². The van der Waals surface area contributed by atoms with Gasteiger partial charge in [0.15, 0.2) is 5.03 Å². The van der Waals surface area contributed by atoms with Gasteiger partial charge in [0, 0.05) is 11.9 Å². The number of pyridine rings is 1. The first-order chi connectivity index (χ1) is 8.04. The molecule has 0 atom stereocenters. The fourth-order valence-electron chi connectivity index (χ4n) is 1.62. The molecule has 7 heteroatoms. The number of thioether (sulfide) groups is 1. The minimum atomic E-state index is -3.76. The molecule has 92 valence electrons. The Kier molecular flexibility index (Phi) is 3.41. The molecule has 0 spiro atoms. The molecule has 0 fully saturated rings. The summed E-state index contributed by atoms with van der Waals surface area (Å²) in [5.74, 6) is 1.45. The van der Waals surface area contributed by atoms with Gasteiger partial charge in [-0.3, -0.25) is 4.40 Å². The molecule has 0 saturated carbocycles. The quantitative estimate of drug-likeness (QED) is 0.907. The highest BCUT2D eigenvalue weighted by atomic mass is 32.2. The minimum absolute atomic E-state index is 0.0917. The van der Waals surface area contributed by atoms with E-state index in [2.05, 4.69) is 4.98 Å². The number of hydrogen-bond acceptors (Lipinski definition) is 4. The average Bonchev–Trinajstić information content (AvgIpc) is 2.63. The van der Waals surface area contributed by atoms with E-state index in [-0.39, 0.29) is 5.03 Å². The van der Waals surface area contributed by atoms with E-state index < -0.39 is 10.0 Å². The van der Waals surface area contributed by atoms with Crippen LogP contribution < -0.4 is 5.14 Å². The first-order valence-electron chi connectivity index (χ1n) is 5.10. The molecule has 0 aliphatic rings. The third-order valence-electron chi connectivity index (χ3n) is 2.27. The van der Waals surface area contributed by atoms with E-state index in [1.165, 1.54) is 4.40 Å². The van der Waals surface area contributed by atoms with E-state index in [9.17, 15) is 8.42 Å². The predicted octanol–water partition coefficient (Wildman–Crippen LogP) is 1.23. The lowest BCUT2D eigenvalue weighted by molar-refractivity contribution is 0.592. The van der Waals surface area contributed by atoms with Crippen molar-refractivity contribution in [1.29, 1.82) is 0 Å². The van der Waals surface area contributed by atoms with Crippen LogP contribution in [0, 0.1) is 0 Å². The van der Waals surface area contributed by atoms with Gasteiger partial charge in [-0.15, -0.1) is 0 Å². The summed E-state index contributed by atoms with van der Waals surface area (Å²) in [5, 5.41) is 5.33. The Morgan fingerprint density at radius 1 is 1.47 bits per heavy atom. The monoisotopic (exact) mass is 271 g/mol. The Morgan fingerprint density at radius 3 is 2.88 bits per heavy atom. The number of hydrogen-bond donors (Lipinski definition) is 1. The molecule has 0 aliphatic carbocycles. The molecule has 5 nitrogen and oxygen atoms in total. The van der Waals surface area contributed by atoms with Crippen LogP contribution in [0.25, 0.3) is 5.65 Å². The molecule has 0 aromatic carbocycles. The van der Waals surface area contributed by atoms with Gasteiger partial charge in [-0.05, 0) is 17.9 Å². The van der Waals surface area contributed by atoms with Crippen LogP contribution in [0.15, 0.2) is 29.4 Å². The first kappa shape index (κ1) is 12.4. The zero-order chi connectivity index (χ0) is 12.5. The van der Waals surface area contributed by atoms with Crippen molar-refractivity contribution >= 4 is 27.4 Å². The number of fused-ring (bicyclic) bond motifs is 1. The van der Waals surface area contributed by atoms with Crippen LogP contribution in [0.2, 0.25) is 0 Å². The van der Waals surface area contributed by atoms with Gasteiger partial charge in [-0.1, -0.05) is 13.0 Å². The molecule has 0 saturated heterocycles. The van der Waals surface area contributed by atoms with Crippen LogP contribution in [0.5, 0.6) is 0 Å². The Balaban J connectivity index is 2.66. The third kappa shape index (κ3) is 2.46. The van der Waals surface area contributed by atoms with Crippen LogP contribution in [-0.4, -0.2) is 23.6 Å². The first-order valence-corrected chi connectivity index (χ1v) is 7.80. The molecule has 0 radical (unpaired) electrons. The lowest BCUT2D eigenvalue weighted by atomic mass is 10.5. The second-order valence-corrected chi connectivity index (χ2v) is 6.23. The van der Waals surface area contributed by atoms with Gasteiger partial charge in [-0.2, -0.15) is 11.8 Å². The van der Waals surface area contributed by atoms with E-state index in [0.29, 0.717) is 17.1 Å². The third-order valence-corrected chi connectivity index (χ3v) is 4.12. The van der Waals surface area contributed by atoms with Crippen LogP contribution in [0.1, 0.15) is 12.6 Å². The van der Waals surface area contributed by atoms with Crippen LogP contribution in [0.3, 0.4) is 0 Å². The van der Waals surface area contributed by atoms with Gasteiger partial charge in [0.1, 0.15) is 5.65 Å². The van der Waals surface area contributed by atoms with Crippen molar-refractivity contribution in [2.24, 2.45) is 5.14 Å². The molecule has 17 heavy (non-hydrogen) atoms. The molecule has 2 N–H and O–H groups in total. The van der Waals surface area contributed by atoms with Crippen molar-refractivity contribution in [3.63, 3.8) is 0 Å². The van der Waals surface area contributed by atoms with Crippen molar-refractivity contribution in [3.05, 3.63) is 30.1 Å². The zero-order valence-electron chi connectivity index (χ0n) is 9.33. The summed E-state index contributed by atoms with van der Waals surface area (Å²) in [6, 6.07) is 5.32. The summed E-state index contributed by atoms with van der Waals surface area (Å²) in [6.07, 6.45) is 1.65. The second kappa shape index (κ2) is 4.67. The second-order valence-electron chi connectivity index (χ2n) is 3.47. The molecule has 2 aromatic heterocycles. The molecule has 2 heterocycles. The normalized spacial score (nSPS) is 12.1. The van der Waals surface area contributed by atoms with Crippen molar-refractivity contribution in [2.75, 3.05) is 5.75 Å². The number of nitrogens with zero attached hydrogens (tertiary/aromatic N) is 2. The molecule has 2 rings (SSSR count). The average molecular weight is 271 g/mol. The van der Waals surface area contributed by atoms with Gasteiger partial charge in [-0.25, -0.2) is 18.5 Å². The van der Waals surface area contributed by atoms with Crippen LogP contribution >= 0.6 is 11.8 Å². The predicted molar refractivity (Wildman–Crippen MR) is 68.4 cm³/mol. The van der Waals surface area contributed by atoms with Crippen molar-refractivity contribution in [2.45, 2.75) is 17.7 Å². The van der Waals surface area contributed by atoms with E-state index in [1.54, 1.807) is 30.1 Å². The van der Waals surface area contributed by atoms with Gasteiger partial charge >= 0.3 is 0 Å². The molecule has 0 amide bonds. The highest BCUT2D eigenvalue weighted by molar-refractivity contribution is 7.98. The number of primary sulfonamides is 1. The number of sulfonamides is 1. The van der Waals surface area contributed by atoms with Crippen LogP contribution in [-0.2, 0) is 15.8 Å². The summed E-state index contributed by atoms with van der Waals surface area (Å²) in [7, 11) is -3.76. The van der Waals surface area contributed by atoms with Crippen LogP contribution in [0.4, 0.5) is 0 Å². The molecule has 2 aromatic rings. The summed E-state index contributed by atoms with van der Waals surface area (Å²) in [5.41, 5.74) is 1.12. The fourth-order valence-corrected chi connectivity index (χ4v) is 3.18. The van der Waals surface area contributed by atoms with E-state index >= 15 is 0 Å². The zero-order valence-corrected chi connectivity index (χ0v) is 11.0. The Morgan fingerprint density at radius 2 is 2.24 bits per heavy atom. The number of imidazole rings is 1. The lowest BCUT2D eigenvalue weighted by Crippen LogP contribution is -2.16. The van der Waals surface area contributed by atoms with Gasteiger partial charge in [0.25, 0.3) is 10.0 Å². The summed E-state index contributed by atoms with van der Waals surface area (Å²) >= 11 is 1.61. The van der Waals surface area contributed by atoms with Gasteiger partial charge < -0.3 is 0 Å².